The van der Waals surface area contributed by atoms with Gasteiger partial charge in [-0.15, -0.1) is 0 Å². The number of rotatable bonds is 4. The van der Waals surface area contributed by atoms with Crippen molar-refractivity contribution in [3.63, 3.8) is 0 Å². The summed E-state index contributed by atoms with van der Waals surface area (Å²) in [6.45, 7) is 6.87. The molecule has 1 aromatic carbocycles. The van der Waals surface area contributed by atoms with Crippen molar-refractivity contribution in [2.75, 3.05) is 40.3 Å². The Morgan fingerprint density at radius 3 is 2.28 bits per heavy atom. The van der Waals surface area contributed by atoms with E-state index in [1.54, 1.807) is 0 Å². The maximum absolute atomic E-state index is 3.42. The number of nitrogens with one attached hydrogen (secondary N) is 1. The average molecular weight is 247 g/mol. The summed E-state index contributed by atoms with van der Waals surface area (Å²) in [6.07, 6.45) is 0. The van der Waals surface area contributed by atoms with Gasteiger partial charge < -0.3 is 10.2 Å². The van der Waals surface area contributed by atoms with Gasteiger partial charge in [-0.2, -0.15) is 0 Å². The van der Waals surface area contributed by atoms with E-state index in [-0.39, 0.29) is 0 Å². The lowest BCUT2D eigenvalue weighted by Crippen LogP contribution is -2.51. The van der Waals surface area contributed by atoms with Crippen molar-refractivity contribution in [3.05, 3.63) is 35.9 Å². The van der Waals surface area contributed by atoms with Gasteiger partial charge in [0.25, 0.3) is 0 Å². The Morgan fingerprint density at radius 1 is 1.11 bits per heavy atom. The lowest BCUT2D eigenvalue weighted by molar-refractivity contribution is 0.106. The molecule has 1 aliphatic rings. The van der Waals surface area contributed by atoms with Crippen molar-refractivity contribution >= 4 is 0 Å². The second-order valence-electron chi connectivity index (χ2n) is 5.35. The van der Waals surface area contributed by atoms with Gasteiger partial charge in [0.1, 0.15) is 0 Å². The van der Waals surface area contributed by atoms with Crippen LogP contribution in [0.15, 0.2) is 30.3 Å². The van der Waals surface area contributed by atoms with Gasteiger partial charge >= 0.3 is 0 Å². The molecule has 3 nitrogen and oxygen atoms in total. The van der Waals surface area contributed by atoms with Crippen LogP contribution in [0, 0.1) is 0 Å². The Labute approximate surface area is 111 Å². The van der Waals surface area contributed by atoms with Gasteiger partial charge in [0, 0.05) is 38.3 Å². The minimum Gasteiger partial charge on any atom is -0.314 e. The summed E-state index contributed by atoms with van der Waals surface area (Å²) in [5.41, 5.74) is 1.41. The van der Waals surface area contributed by atoms with Gasteiger partial charge in [0.05, 0.1) is 0 Å². The molecule has 1 heterocycles. The summed E-state index contributed by atoms with van der Waals surface area (Å²) < 4.78 is 0. The number of likely N-dealkylation sites (N-methyl/N-ethyl adjacent to an activating group) is 1. The molecular formula is C15H25N3. The van der Waals surface area contributed by atoms with Crippen LogP contribution in [0.25, 0.3) is 0 Å². The molecule has 1 N–H and O–H groups in total. The molecule has 18 heavy (non-hydrogen) atoms. The molecule has 0 radical (unpaired) electrons. The van der Waals surface area contributed by atoms with E-state index in [9.17, 15) is 0 Å². The molecule has 2 rings (SSSR count). The molecule has 0 saturated carbocycles. The van der Waals surface area contributed by atoms with Gasteiger partial charge in [0.15, 0.2) is 0 Å². The van der Waals surface area contributed by atoms with Crippen molar-refractivity contribution in [3.8, 4) is 0 Å². The predicted octanol–water partition coefficient (Wildman–Crippen LogP) is 1.58. The van der Waals surface area contributed by atoms with Gasteiger partial charge in [-0.05, 0) is 26.6 Å². The van der Waals surface area contributed by atoms with Crippen LogP contribution in [-0.4, -0.2) is 56.1 Å². The first-order chi connectivity index (χ1) is 8.70. The third-order valence-corrected chi connectivity index (χ3v) is 3.88. The monoisotopic (exact) mass is 247 g/mol. The smallest absolute Gasteiger partial charge is 0.0495 e. The van der Waals surface area contributed by atoms with Crippen LogP contribution in [0.3, 0.4) is 0 Å². The van der Waals surface area contributed by atoms with Crippen LogP contribution < -0.4 is 5.32 Å². The largest absolute Gasteiger partial charge is 0.314 e. The first-order valence-corrected chi connectivity index (χ1v) is 6.86. The molecular weight excluding hydrogens is 222 g/mol. The highest BCUT2D eigenvalue weighted by molar-refractivity contribution is 5.20. The first-order valence-electron chi connectivity index (χ1n) is 6.86. The Morgan fingerprint density at radius 2 is 1.72 bits per heavy atom. The highest BCUT2D eigenvalue weighted by atomic mass is 15.2. The summed E-state index contributed by atoms with van der Waals surface area (Å²) in [5, 5.41) is 3.42. The highest BCUT2D eigenvalue weighted by Gasteiger charge is 2.27. The Bertz CT molecular complexity index is 344. The van der Waals surface area contributed by atoms with E-state index in [0.29, 0.717) is 12.1 Å². The lowest BCUT2D eigenvalue weighted by atomic mass is 9.98. The predicted molar refractivity (Wildman–Crippen MR) is 76.8 cm³/mol. The van der Waals surface area contributed by atoms with Gasteiger partial charge in [-0.1, -0.05) is 30.3 Å². The van der Waals surface area contributed by atoms with E-state index in [4.69, 9.17) is 0 Å². The second kappa shape index (κ2) is 6.32. The van der Waals surface area contributed by atoms with Crippen molar-refractivity contribution in [1.29, 1.82) is 0 Å². The Balaban J connectivity index is 2.14. The van der Waals surface area contributed by atoms with Gasteiger partial charge in [-0.25, -0.2) is 0 Å². The van der Waals surface area contributed by atoms with E-state index in [1.165, 1.54) is 5.56 Å². The number of piperazine rings is 1. The lowest BCUT2D eigenvalue weighted by Gasteiger charge is -2.40. The molecule has 0 aromatic heterocycles. The molecule has 0 amide bonds. The summed E-state index contributed by atoms with van der Waals surface area (Å²) >= 11 is 0. The number of hydrogen-bond acceptors (Lipinski definition) is 3. The van der Waals surface area contributed by atoms with E-state index < -0.39 is 0 Å². The molecule has 3 heteroatoms. The molecule has 1 saturated heterocycles. The number of nitrogens with zero attached hydrogens (tertiary/aromatic N) is 2. The third-order valence-electron chi connectivity index (χ3n) is 3.88. The van der Waals surface area contributed by atoms with Crippen LogP contribution >= 0.6 is 0 Å². The van der Waals surface area contributed by atoms with E-state index in [0.717, 1.165) is 26.2 Å². The van der Waals surface area contributed by atoms with Crippen molar-refractivity contribution in [1.82, 2.24) is 15.1 Å². The zero-order valence-electron chi connectivity index (χ0n) is 11.8. The molecule has 1 aliphatic heterocycles. The number of hydrogen-bond donors (Lipinski definition) is 1. The minimum absolute atomic E-state index is 0.462. The van der Waals surface area contributed by atoms with Crippen molar-refractivity contribution in [2.24, 2.45) is 0 Å². The first kappa shape index (κ1) is 13.5. The summed E-state index contributed by atoms with van der Waals surface area (Å²) in [5.74, 6) is 0. The molecule has 0 aliphatic carbocycles. The average Bonchev–Trinajstić information content (AvgIpc) is 2.40. The van der Waals surface area contributed by atoms with Crippen LogP contribution in [0.4, 0.5) is 0 Å². The standard InChI is InChI=1S/C15H25N3/c1-13(18-11-9-16-10-12-18)15(17(2)3)14-7-5-4-6-8-14/h4-8,13,15-16H,9-12H2,1-3H3. The molecule has 0 spiro atoms. The Kier molecular flexibility index (Phi) is 4.75. The quantitative estimate of drug-likeness (QED) is 0.871. The molecule has 2 atom stereocenters. The van der Waals surface area contributed by atoms with E-state index >= 15 is 0 Å². The number of benzene rings is 1. The highest BCUT2D eigenvalue weighted by Crippen LogP contribution is 2.25. The maximum atomic E-state index is 3.42. The maximum Gasteiger partial charge on any atom is 0.0495 e. The summed E-state index contributed by atoms with van der Waals surface area (Å²) in [4.78, 5) is 4.93. The topological polar surface area (TPSA) is 18.5 Å². The normalized spacial score (nSPS) is 20.9. The fraction of sp³-hybridized carbons (Fsp3) is 0.600. The fourth-order valence-corrected chi connectivity index (χ4v) is 2.95. The van der Waals surface area contributed by atoms with Crippen LogP contribution in [-0.2, 0) is 0 Å². The molecule has 1 aromatic rings. The molecule has 100 valence electrons. The molecule has 0 bridgehead atoms. The van der Waals surface area contributed by atoms with Gasteiger partial charge in [0.2, 0.25) is 0 Å². The van der Waals surface area contributed by atoms with Crippen LogP contribution in [0.2, 0.25) is 0 Å². The Hall–Kier alpha value is -0.900. The molecule has 2 unspecified atom stereocenters. The SMILES string of the molecule is CC(C(c1ccccc1)N(C)C)N1CCNCC1. The van der Waals surface area contributed by atoms with E-state index in [2.05, 4.69) is 66.5 Å². The fourth-order valence-electron chi connectivity index (χ4n) is 2.95. The second-order valence-corrected chi connectivity index (χ2v) is 5.35. The summed E-state index contributed by atoms with van der Waals surface area (Å²) in [6, 6.07) is 11.8. The van der Waals surface area contributed by atoms with Gasteiger partial charge in [-0.3, -0.25) is 4.90 Å². The van der Waals surface area contributed by atoms with Crippen LogP contribution in [0.5, 0.6) is 0 Å². The minimum atomic E-state index is 0.462. The molecule has 1 fully saturated rings. The van der Waals surface area contributed by atoms with Crippen molar-refractivity contribution < 1.29 is 0 Å². The zero-order chi connectivity index (χ0) is 13.0. The van der Waals surface area contributed by atoms with Crippen LogP contribution in [0.1, 0.15) is 18.5 Å². The van der Waals surface area contributed by atoms with E-state index in [1.807, 2.05) is 0 Å². The zero-order valence-corrected chi connectivity index (χ0v) is 11.8. The summed E-state index contributed by atoms with van der Waals surface area (Å²) in [7, 11) is 4.35. The van der Waals surface area contributed by atoms with Crippen molar-refractivity contribution in [2.45, 2.75) is 19.0 Å². The third kappa shape index (κ3) is 3.10.